The van der Waals surface area contributed by atoms with Crippen LogP contribution in [-0.2, 0) is 5.33 Å². The average Bonchev–Trinajstić information content (AvgIpc) is 2.03. The molecular weight excluding hydrogens is 296 g/mol. The Morgan fingerprint density at radius 2 is 2.08 bits per heavy atom. The number of nitrogens with zero attached hydrogens (tertiary/aromatic N) is 1. The van der Waals surface area contributed by atoms with Gasteiger partial charge in [0.25, 0.3) is 6.43 Å². The first-order chi connectivity index (χ1) is 5.63. The highest BCUT2D eigenvalue weighted by Gasteiger charge is 2.10. The van der Waals surface area contributed by atoms with Gasteiger partial charge in [0.2, 0.25) is 0 Å². The number of pyridine rings is 1. The van der Waals surface area contributed by atoms with E-state index in [1.807, 2.05) is 0 Å². The van der Waals surface area contributed by atoms with Gasteiger partial charge in [0.05, 0.1) is 5.69 Å². The minimum atomic E-state index is -2.51. The molecule has 1 heterocycles. The van der Waals surface area contributed by atoms with E-state index in [0.29, 0.717) is 15.5 Å². The molecule has 0 spiro atoms. The number of aromatic nitrogens is 1. The fourth-order valence-electron chi connectivity index (χ4n) is 0.753. The molecule has 0 aliphatic rings. The molecule has 0 bridgehead atoms. The molecule has 12 heavy (non-hydrogen) atoms. The summed E-state index contributed by atoms with van der Waals surface area (Å²) in [7, 11) is 0. The summed E-state index contributed by atoms with van der Waals surface area (Å²) in [6.45, 7) is 0. The highest BCUT2D eigenvalue weighted by Crippen LogP contribution is 2.22. The largest absolute Gasteiger partial charge is 0.280 e. The summed E-state index contributed by atoms with van der Waals surface area (Å²) in [5.41, 5.74) is 0.401. The van der Waals surface area contributed by atoms with Crippen LogP contribution >= 0.6 is 31.9 Å². The minimum absolute atomic E-state index is 0.196. The topological polar surface area (TPSA) is 12.9 Å². The molecule has 66 valence electrons. The maximum atomic E-state index is 12.2. The Kier molecular flexibility index (Phi) is 3.58. The number of hydrogen-bond donors (Lipinski definition) is 0. The number of halogens is 4. The molecule has 1 rings (SSSR count). The monoisotopic (exact) mass is 299 g/mol. The fourth-order valence-corrected chi connectivity index (χ4v) is 1.54. The molecule has 5 heteroatoms. The molecule has 0 fully saturated rings. The SMILES string of the molecule is FC(F)c1cc(Br)cc(CBr)n1. The highest BCUT2D eigenvalue weighted by atomic mass is 79.9. The predicted octanol–water partition coefficient (Wildman–Crippen LogP) is 3.68. The molecule has 0 saturated heterocycles. The van der Waals surface area contributed by atoms with E-state index in [0.717, 1.165) is 0 Å². The van der Waals surface area contributed by atoms with Crippen LogP contribution in [0.2, 0.25) is 0 Å². The van der Waals surface area contributed by atoms with E-state index in [9.17, 15) is 8.78 Å². The van der Waals surface area contributed by atoms with Crippen LogP contribution in [-0.4, -0.2) is 4.98 Å². The Morgan fingerprint density at radius 1 is 1.42 bits per heavy atom. The first-order valence-electron chi connectivity index (χ1n) is 3.14. The smallest absolute Gasteiger partial charge is 0.251 e. The van der Waals surface area contributed by atoms with Crippen LogP contribution in [0, 0.1) is 0 Å². The molecule has 0 aromatic carbocycles. The van der Waals surface area contributed by atoms with Crippen LogP contribution in [0.25, 0.3) is 0 Å². The van der Waals surface area contributed by atoms with Crippen molar-refractivity contribution < 1.29 is 8.78 Å². The van der Waals surface area contributed by atoms with E-state index < -0.39 is 6.43 Å². The van der Waals surface area contributed by atoms with Gasteiger partial charge >= 0.3 is 0 Å². The Labute approximate surface area is 85.4 Å². The van der Waals surface area contributed by atoms with Gasteiger partial charge in [-0.1, -0.05) is 31.9 Å². The molecule has 0 N–H and O–H groups in total. The van der Waals surface area contributed by atoms with Gasteiger partial charge in [0.1, 0.15) is 5.69 Å². The second-order valence-corrected chi connectivity index (χ2v) is 3.61. The van der Waals surface area contributed by atoms with E-state index in [1.165, 1.54) is 6.07 Å². The lowest BCUT2D eigenvalue weighted by Gasteiger charge is -2.02. The normalized spacial score (nSPS) is 10.8. The van der Waals surface area contributed by atoms with Gasteiger partial charge < -0.3 is 0 Å². The minimum Gasteiger partial charge on any atom is -0.251 e. The summed E-state index contributed by atoms with van der Waals surface area (Å²) in [5, 5.41) is 0.478. The zero-order chi connectivity index (χ0) is 9.14. The van der Waals surface area contributed by atoms with E-state index >= 15 is 0 Å². The number of alkyl halides is 3. The van der Waals surface area contributed by atoms with Gasteiger partial charge in [0.15, 0.2) is 0 Å². The third-order valence-corrected chi connectivity index (χ3v) is 2.26. The lowest BCUT2D eigenvalue weighted by atomic mass is 10.3. The highest BCUT2D eigenvalue weighted by molar-refractivity contribution is 9.10. The second kappa shape index (κ2) is 4.28. The van der Waals surface area contributed by atoms with Gasteiger partial charge in [-0.25, -0.2) is 8.78 Å². The summed E-state index contributed by atoms with van der Waals surface area (Å²) in [6.07, 6.45) is -2.51. The quantitative estimate of drug-likeness (QED) is 0.759. The van der Waals surface area contributed by atoms with Crippen molar-refractivity contribution in [1.29, 1.82) is 0 Å². The number of rotatable bonds is 2. The fraction of sp³-hybridized carbons (Fsp3) is 0.286. The average molecular weight is 301 g/mol. The Morgan fingerprint density at radius 3 is 2.58 bits per heavy atom. The van der Waals surface area contributed by atoms with E-state index in [-0.39, 0.29) is 5.69 Å². The van der Waals surface area contributed by atoms with Crippen molar-refractivity contribution in [2.24, 2.45) is 0 Å². The van der Waals surface area contributed by atoms with Crippen LogP contribution in [0.5, 0.6) is 0 Å². The van der Waals surface area contributed by atoms with Gasteiger partial charge in [-0.15, -0.1) is 0 Å². The van der Waals surface area contributed by atoms with Crippen molar-refractivity contribution in [1.82, 2.24) is 4.98 Å². The summed E-state index contributed by atoms with van der Waals surface area (Å²) in [6, 6.07) is 3.01. The predicted molar refractivity (Wildman–Crippen MR) is 49.5 cm³/mol. The van der Waals surface area contributed by atoms with Crippen molar-refractivity contribution >= 4 is 31.9 Å². The van der Waals surface area contributed by atoms with Crippen molar-refractivity contribution in [2.45, 2.75) is 11.8 Å². The third-order valence-electron chi connectivity index (χ3n) is 1.22. The van der Waals surface area contributed by atoms with Gasteiger partial charge in [0, 0.05) is 9.80 Å². The standard InChI is InChI=1S/C7H5Br2F2N/c8-3-5-1-4(9)2-6(12-5)7(10)11/h1-2,7H,3H2. The summed E-state index contributed by atoms with van der Waals surface area (Å²) in [4.78, 5) is 3.72. The van der Waals surface area contributed by atoms with Crippen LogP contribution in [0.3, 0.4) is 0 Å². The Hall–Kier alpha value is -0.0300. The van der Waals surface area contributed by atoms with Crippen LogP contribution in [0.1, 0.15) is 17.8 Å². The summed E-state index contributed by atoms with van der Waals surface area (Å²) in [5.74, 6) is 0. The first kappa shape index (κ1) is 10.1. The lowest BCUT2D eigenvalue weighted by molar-refractivity contribution is 0.146. The molecule has 0 radical (unpaired) electrons. The van der Waals surface area contributed by atoms with Gasteiger partial charge in [-0.05, 0) is 12.1 Å². The Bertz CT molecular complexity index is 278. The molecule has 1 aromatic rings. The molecule has 0 atom stereocenters. The van der Waals surface area contributed by atoms with Gasteiger partial charge in [-0.3, -0.25) is 4.98 Å². The zero-order valence-corrected chi connectivity index (χ0v) is 9.07. The van der Waals surface area contributed by atoms with Crippen molar-refractivity contribution in [2.75, 3.05) is 0 Å². The third kappa shape index (κ3) is 2.48. The van der Waals surface area contributed by atoms with Crippen LogP contribution in [0.4, 0.5) is 8.78 Å². The maximum Gasteiger partial charge on any atom is 0.280 e. The number of hydrogen-bond acceptors (Lipinski definition) is 1. The second-order valence-electron chi connectivity index (χ2n) is 2.14. The lowest BCUT2D eigenvalue weighted by Crippen LogP contribution is -1.94. The van der Waals surface area contributed by atoms with Crippen molar-refractivity contribution in [3.63, 3.8) is 0 Å². The maximum absolute atomic E-state index is 12.2. The van der Waals surface area contributed by atoms with E-state index in [4.69, 9.17) is 0 Å². The molecule has 0 aliphatic heterocycles. The molecule has 0 aliphatic carbocycles. The summed E-state index contributed by atoms with van der Waals surface area (Å²) >= 11 is 6.27. The summed E-state index contributed by atoms with van der Waals surface area (Å²) < 4.78 is 25.0. The molecular formula is C7H5Br2F2N. The van der Waals surface area contributed by atoms with Crippen LogP contribution in [0.15, 0.2) is 16.6 Å². The first-order valence-corrected chi connectivity index (χ1v) is 5.05. The molecule has 0 unspecified atom stereocenters. The molecule has 0 amide bonds. The van der Waals surface area contributed by atoms with Crippen molar-refractivity contribution in [3.8, 4) is 0 Å². The Balaban J connectivity index is 3.06. The van der Waals surface area contributed by atoms with E-state index in [1.54, 1.807) is 6.07 Å². The van der Waals surface area contributed by atoms with Crippen molar-refractivity contribution in [3.05, 3.63) is 28.0 Å². The molecule has 0 saturated carbocycles. The molecule has 1 aromatic heterocycles. The van der Waals surface area contributed by atoms with Crippen LogP contribution < -0.4 is 0 Å². The zero-order valence-electron chi connectivity index (χ0n) is 5.90. The molecule has 1 nitrogen and oxygen atoms in total. The van der Waals surface area contributed by atoms with Gasteiger partial charge in [-0.2, -0.15) is 0 Å². The van der Waals surface area contributed by atoms with E-state index in [2.05, 4.69) is 36.8 Å².